The fourth-order valence-corrected chi connectivity index (χ4v) is 2.29. The van der Waals surface area contributed by atoms with Gasteiger partial charge in [-0.3, -0.25) is 0 Å². The molecule has 1 aromatic carbocycles. The summed E-state index contributed by atoms with van der Waals surface area (Å²) in [5.41, 5.74) is 6.28. The third-order valence-electron chi connectivity index (χ3n) is 1.99. The molecule has 4 heteroatoms. The Morgan fingerprint density at radius 2 is 2.13 bits per heavy atom. The van der Waals surface area contributed by atoms with Gasteiger partial charge in [-0.2, -0.15) is 0 Å². The number of rotatable bonds is 5. The molecule has 0 saturated carbocycles. The van der Waals surface area contributed by atoms with Gasteiger partial charge >= 0.3 is 0 Å². The van der Waals surface area contributed by atoms with Crippen LogP contribution in [0.3, 0.4) is 0 Å². The highest BCUT2D eigenvalue weighted by Crippen LogP contribution is 2.26. The Kier molecular flexibility index (Phi) is 5.29. The molecule has 1 rings (SSSR count). The topological polar surface area (TPSA) is 29.3 Å². The molecule has 0 amide bonds. The van der Waals surface area contributed by atoms with Crippen molar-refractivity contribution in [3.63, 3.8) is 0 Å². The van der Waals surface area contributed by atoms with Crippen molar-refractivity contribution in [2.75, 3.05) is 32.1 Å². The highest BCUT2D eigenvalue weighted by atomic mass is 35.5. The Bertz CT molecular complexity index is 315. The van der Waals surface area contributed by atoms with Crippen LogP contribution in [0.5, 0.6) is 0 Å². The second kappa shape index (κ2) is 6.26. The predicted octanol–water partition coefficient (Wildman–Crippen LogP) is 2.97. The lowest BCUT2D eigenvalue weighted by molar-refractivity contribution is 0.410. The molecule has 84 valence electrons. The van der Waals surface area contributed by atoms with Gasteiger partial charge in [-0.05, 0) is 51.0 Å². The SMILES string of the molecule is CN(C)CCCSc1ccc(N)c(Cl)c1. The van der Waals surface area contributed by atoms with E-state index >= 15 is 0 Å². The third-order valence-corrected chi connectivity index (χ3v) is 3.40. The van der Waals surface area contributed by atoms with Crippen LogP contribution < -0.4 is 5.73 Å². The Hall–Kier alpha value is -0.380. The lowest BCUT2D eigenvalue weighted by Crippen LogP contribution is -2.13. The van der Waals surface area contributed by atoms with Crippen molar-refractivity contribution in [3.8, 4) is 0 Å². The van der Waals surface area contributed by atoms with Gasteiger partial charge < -0.3 is 10.6 Å². The summed E-state index contributed by atoms with van der Waals surface area (Å²) in [4.78, 5) is 3.38. The molecule has 0 heterocycles. The standard InChI is InChI=1S/C11H17ClN2S/c1-14(2)6-3-7-15-9-4-5-11(13)10(12)8-9/h4-5,8H,3,6-7,13H2,1-2H3. The number of nitrogens with zero attached hydrogens (tertiary/aromatic N) is 1. The van der Waals surface area contributed by atoms with Crippen LogP contribution in [0.25, 0.3) is 0 Å². The molecule has 0 unspecified atom stereocenters. The molecular formula is C11H17ClN2S. The summed E-state index contributed by atoms with van der Waals surface area (Å²) in [6, 6.07) is 5.80. The summed E-state index contributed by atoms with van der Waals surface area (Å²) in [5, 5.41) is 0.646. The Morgan fingerprint density at radius 3 is 2.73 bits per heavy atom. The van der Waals surface area contributed by atoms with Gasteiger partial charge in [0.15, 0.2) is 0 Å². The first-order valence-corrected chi connectivity index (χ1v) is 6.28. The van der Waals surface area contributed by atoms with E-state index in [-0.39, 0.29) is 0 Å². The number of thioether (sulfide) groups is 1. The molecule has 2 nitrogen and oxygen atoms in total. The van der Waals surface area contributed by atoms with Gasteiger partial charge in [0.05, 0.1) is 10.7 Å². The van der Waals surface area contributed by atoms with Gasteiger partial charge in [0, 0.05) is 4.90 Å². The maximum Gasteiger partial charge on any atom is 0.0646 e. The first-order chi connectivity index (χ1) is 7.09. The molecule has 0 fully saturated rings. The Labute approximate surface area is 101 Å². The average Bonchev–Trinajstić information content (AvgIpc) is 2.18. The van der Waals surface area contributed by atoms with E-state index in [1.807, 2.05) is 30.0 Å². The number of nitrogen functional groups attached to an aromatic ring is 1. The van der Waals surface area contributed by atoms with E-state index in [0.717, 1.165) is 12.3 Å². The van der Waals surface area contributed by atoms with E-state index in [2.05, 4.69) is 19.0 Å². The van der Waals surface area contributed by atoms with Crippen LogP contribution in [0, 0.1) is 0 Å². The molecule has 0 atom stereocenters. The van der Waals surface area contributed by atoms with Crippen molar-refractivity contribution in [2.24, 2.45) is 0 Å². The van der Waals surface area contributed by atoms with E-state index in [1.54, 1.807) is 0 Å². The number of halogens is 1. The van der Waals surface area contributed by atoms with Gasteiger partial charge in [-0.1, -0.05) is 11.6 Å². The number of benzene rings is 1. The van der Waals surface area contributed by atoms with E-state index in [1.165, 1.54) is 11.3 Å². The van der Waals surface area contributed by atoms with E-state index in [0.29, 0.717) is 10.7 Å². The van der Waals surface area contributed by atoms with Crippen LogP contribution in [0.1, 0.15) is 6.42 Å². The smallest absolute Gasteiger partial charge is 0.0646 e. The predicted molar refractivity (Wildman–Crippen MR) is 69.8 cm³/mol. The summed E-state index contributed by atoms with van der Waals surface area (Å²) in [6.45, 7) is 1.12. The number of nitrogens with two attached hydrogens (primary N) is 1. The first kappa shape index (κ1) is 12.7. The Balaban J connectivity index is 2.35. The fraction of sp³-hybridized carbons (Fsp3) is 0.455. The minimum Gasteiger partial charge on any atom is -0.398 e. The maximum absolute atomic E-state index is 5.93. The summed E-state index contributed by atoms with van der Waals surface area (Å²) in [7, 11) is 4.18. The highest BCUT2D eigenvalue weighted by molar-refractivity contribution is 7.99. The highest BCUT2D eigenvalue weighted by Gasteiger charge is 1.99. The van der Waals surface area contributed by atoms with Crippen LogP contribution in [0.2, 0.25) is 5.02 Å². The monoisotopic (exact) mass is 244 g/mol. The summed E-state index contributed by atoms with van der Waals surface area (Å²) >= 11 is 7.75. The zero-order valence-electron chi connectivity index (χ0n) is 9.16. The quantitative estimate of drug-likeness (QED) is 0.491. The molecule has 2 N–H and O–H groups in total. The summed E-state index contributed by atoms with van der Waals surface area (Å²) in [6.07, 6.45) is 1.18. The maximum atomic E-state index is 5.93. The van der Waals surface area contributed by atoms with Crippen LogP contribution in [0.4, 0.5) is 5.69 Å². The van der Waals surface area contributed by atoms with Crippen molar-refractivity contribution >= 4 is 29.1 Å². The lowest BCUT2D eigenvalue weighted by Gasteiger charge is -2.08. The van der Waals surface area contributed by atoms with Crippen LogP contribution in [0.15, 0.2) is 23.1 Å². The molecule has 1 aromatic rings. The van der Waals surface area contributed by atoms with Gasteiger partial charge in [-0.15, -0.1) is 11.8 Å². The number of hydrogen-bond acceptors (Lipinski definition) is 3. The van der Waals surface area contributed by atoms with Crippen LogP contribution in [-0.4, -0.2) is 31.3 Å². The lowest BCUT2D eigenvalue weighted by atomic mass is 10.3. The van der Waals surface area contributed by atoms with Gasteiger partial charge in [0.2, 0.25) is 0 Å². The molecule has 0 aliphatic rings. The van der Waals surface area contributed by atoms with Crippen molar-refractivity contribution in [2.45, 2.75) is 11.3 Å². The minimum absolute atomic E-state index is 0.646. The van der Waals surface area contributed by atoms with E-state index < -0.39 is 0 Å². The van der Waals surface area contributed by atoms with Crippen molar-refractivity contribution in [1.29, 1.82) is 0 Å². The van der Waals surface area contributed by atoms with E-state index in [9.17, 15) is 0 Å². The molecule has 0 aliphatic carbocycles. The second-order valence-electron chi connectivity index (χ2n) is 3.69. The molecule has 0 spiro atoms. The molecule has 15 heavy (non-hydrogen) atoms. The molecule has 0 radical (unpaired) electrons. The van der Waals surface area contributed by atoms with Gasteiger partial charge in [-0.25, -0.2) is 0 Å². The van der Waals surface area contributed by atoms with Crippen molar-refractivity contribution in [3.05, 3.63) is 23.2 Å². The summed E-state index contributed by atoms with van der Waals surface area (Å²) in [5.74, 6) is 1.11. The third kappa shape index (κ3) is 4.78. The van der Waals surface area contributed by atoms with Gasteiger partial charge in [0.25, 0.3) is 0 Å². The second-order valence-corrected chi connectivity index (χ2v) is 5.26. The molecule has 0 saturated heterocycles. The largest absolute Gasteiger partial charge is 0.398 e. The van der Waals surface area contributed by atoms with E-state index in [4.69, 9.17) is 17.3 Å². The molecule has 0 aromatic heterocycles. The minimum atomic E-state index is 0.646. The molecule has 0 aliphatic heterocycles. The number of anilines is 1. The van der Waals surface area contributed by atoms with Crippen molar-refractivity contribution in [1.82, 2.24) is 4.90 Å². The van der Waals surface area contributed by atoms with Gasteiger partial charge in [0.1, 0.15) is 0 Å². The first-order valence-electron chi connectivity index (χ1n) is 4.92. The number of hydrogen-bond donors (Lipinski definition) is 1. The average molecular weight is 245 g/mol. The normalized spacial score (nSPS) is 10.9. The fourth-order valence-electron chi connectivity index (χ4n) is 1.17. The molecular weight excluding hydrogens is 228 g/mol. The molecule has 0 bridgehead atoms. The zero-order chi connectivity index (χ0) is 11.3. The van der Waals surface area contributed by atoms with Crippen LogP contribution in [-0.2, 0) is 0 Å². The summed E-state index contributed by atoms with van der Waals surface area (Å²) < 4.78 is 0. The Morgan fingerprint density at radius 1 is 1.40 bits per heavy atom. The van der Waals surface area contributed by atoms with Crippen molar-refractivity contribution < 1.29 is 0 Å². The zero-order valence-corrected chi connectivity index (χ0v) is 10.7. The van der Waals surface area contributed by atoms with Crippen LogP contribution >= 0.6 is 23.4 Å².